The van der Waals surface area contributed by atoms with Gasteiger partial charge in [-0.2, -0.15) is 0 Å². The molecule has 112 valence electrons. The molecule has 0 spiro atoms. The van der Waals surface area contributed by atoms with Crippen LogP contribution in [0.25, 0.3) is 0 Å². The minimum Gasteiger partial charge on any atom is -0.318 e. The molecule has 0 fully saturated rings. The number of anilines is 2. The first-order valence-electron chi connectivity index (χ1n) is 6.37. The SMILES string of the molecule is CN(C(=O)C(=O)Nc1cccc([N+](=O)[O-])c1)c1ccccc1. The van der Waals surface area contributed by atoms with Gasteiger partial charge >= 0.3 is 11.8 Å². The van der Waals surface area contributed by atoms with Crippen LogP contribution in [0.3, 0.4) is 0 Å². The fraction of sp³-hybridized carbons (Fsp3) is 0.0667. The number of nitrogens with one attached hydrogen (secondary N) is 1. The molecule has 2 aromatic carbocycles. The van der Waals surface area contributed by atoms with Crippen LogP contribution in [0.1, 0.15) is 0 Å². The van der Waals surface area contributed by atoms with Gasteiger partial charge in [-0.05, 0) is 18.2 Å². The predicted molar refractivity (Wildman–Crippen MR) is 81.6 cm³/mol. The highest BCUT2D eigenvalue weighted by molar-refractivity contribution is 6.44. The van der Waals surface area contributed by atoms with E-state index in [9.17, 15) is 19.7 Å². The third-order valence-electron chi connectivity index (χ3n) is 2.96. The Morgan fingerprint density at radius 3 is 2.41 bits per heavy atom. The number of para-hydroxylation sites is 1. The summed E-state index contributed by atoms with van der Waals surface area (Å²) in [7, 11) is 1.48. The third kappa shape index (κ3) is 3.45. The first-order valence-corrected chi connectivity index (χ1v) is 6.37. The Balaban J connectivity index is 2.10. The maximum atomic E-state index is 12.0. The lowest BCUT2D eigenvalue weighted by Gasteiger charge is -2.16. The molecule has 0 aliphatic carbocycles. The fourth-order valence-corrected chi connectivity index (χ4v) is 1.80. The van der Waals surface area contributed by atoms with Gasteiger partial charge in [-0.3, -0.25) is 19.7 Å². The molecule has 0 aliphatic heterocycles. The van der Waals surface area contributed by atoms with Gasteiger partial charge in [0.1, 0.15) is 0 Å². The standard InChI is InChI=1S/C15H13N3O4/c1-17(12-7-3-2-4-8-12)15(20)14(19)16-11-6-5-9-13(10-11)18(21)22/h2-10H,1H3,(H,16,19). The number of amides is 2. The van der Waals surface area contributed by atoms with Crippen molar-refractivity contribution >= 4 is 28.9 Å². The van der Waals surface area contributed by atoms with E-state index in [0.29, 0.717) is 5.69 Å². The van der Waals surface area contributed by atoms with E-state index in [4.69, 9.17) is 0 Å². The summed E-state index contributed by atoms with van der Waals surface area (Å²) in [5, 5.41) is 13.0. The molecule has 1 N–H and O–H groups in total. The Bertz CT molecular complexity index is 716. The second kappa shape index (κ2) is 6.49. The van der Waals surface area contributed by atoms with E-state index >= 15 is 0 Å². The van der Waals surface area contributed by atoms with Gasteiger partial charge in [0.25, 0.3) is 5.69 Å². The molecule has 2 amide bonds. The summed E-state index contributed by atoms with van der Waals surface area (Å²) in [6.07, 6.45) is 0. The summed E-state index contributed by atoms with van der Waals surface area (Å²) in [5.74, 6) is -1.63. The molecule has 0 atom stereocenters. The maximum Gasteiger partial charge on any atom is 0.316 e. The molecule has 0 aromatic heterocycles. The molecule has 0 bridgehead atoms. The average molecular weight is 299 g/mol. The molecule has 22 heavy (non-hydrogen) atoms. The molecule has 0 heterocycles. The van der Waals surface area contributed by atoms with Gasteiger partial charge in [0.15, 0.2) is 0 Å². The molecule has 2 aromatic rings. The van der Waals surface area contributed by atoms with Gasteiger partial charge in [0.2, 0.25) is 0 Å². The van der Waals surface area contributed by atoms with E-state index in [1.807, 2.05) is 0 Å². The molecular weight excluding hydrogens is 286 g/mol. The Kier molecular flexibility index (Phi) is 4.47. The highest BCUT2D eigenvalue weighted by Gasteiger charge is 2.20. The van der Waals surface area contributed by atoms with E-state index in [1.54, 1.807) is 30.3 Å². The van der Waals surface area contributed by atoms with E-state index in [2.05, 4.69) is 5.32 Å². The zero-order valence-electron chi connectivity index (χ0n) is 11.7. The Morgan fingerprint density at radius 1 is 1.09 bits per heavy atom. The van der Waals surface area contributed by atoms with Crippen LogP contribution in [0.4, 0.5) is 17.1 Å². The Labute approximate surface area is 126 Å². The predicted octanol–water partition coefficient (Wildman–Crippen LogP) is 2.20. The van der Waals surface area contributed by atoms with Crippen LogP contribution in [0.5, 0.6) is 0 Å². The largest absolute Gasteiger partial charge is 0.318 e. The second-order valence-electron chi connectivity index (χ2n) is 4.46. The van der Waals surface area contributed by atoms with Crippen LogP contribution >= 0.6 is 0 Å². The summed E-state index contributed by atoms with van der Waals surface area (Å²) in [6.45, 7) is 0. The molecule has 0 saturated heterocycles. The average Bonchev–Trinajstić information content (AvgIpc) is 2.54. The minimum absolute atomic E-state index is 0.165. The van der Waals surface area contributed by atoms with Crippen LogP contribution in [-0.4, -0.2) is 23.8 Å². The van der Waals surface area contributed by atoms with Crippen LogP contribution in [0.15, 0.2) is 54.6 Å². The summed E-state index contributed by atoms with van der Waals surface area (Å²) < 4.78 is 0. The fourth-order valence-electron chi connectivity index (χ4n) is 1.80. The van der Waals surface area contributed by atoms with Gasteiger partial charge in [-0.1, -0.05) is 24.3 Å². The van der Waals surface area contributed by atoms with Gasteiger partial charge in [-0.25, -0.2) is 0 Å². The van der Waals surface area contributed by atoms with Crippen molar-refractivity contribution in [3.05, 3.63) is 64.7 Å². The summed E-state index contributed by atoms with van der Waals surface area (Å²) >= 11 is 0. The monoisotopic (exact) mass is 299 g/mol. The number of likely N-dealkylation sites (N-methyl/N-ethyl adjacent to an activating group) is 1. The Morgan fingerprint density at radius 2 is 1.77 bits per heavy atom. The lowest BCUT2D eigenvalue weighted by molar-refractivity contribution is -0.384. The van der Waals surface area contributed by atoms with Crippen molar-refractivity contribution in [2.75, 3.05) is 17.3 Å². The molecule has 0 aliphatic rings. The van der Waals surface area contributed by atoms with Crippen molar-refractivity contribution in [1.82, 2.24) is 0 Å². The van der Waals surface area contributed by atoms with E-state index < -0.39 is 16.7 Å². The summed E-state index contributed by atoms with van der Waals surface area (Å²) in [6, 6.07) is 14.1. The highest BCUT2D eigenvalue weighted by atomic mass is 16.6. The van der Waals surface area contributed by atoms with Crippen LogP contribution in [-0.2, 0) is 9.59 Å². The van der Waals surface area contributed by atoms with Crippen molar-refractivity contribution in [2.24, 2.45) is 0 Å². The summed E-state index contributed by atoms with van der Waals surface area (Å²) in [4.78, 5) is 35.3. The molecule has 7 heteroatoms. The van der Waals surface area contributed by atoms with Crippen LogP contribution in [0, 0.1) is 10.1 Å². The Hall–Kier alpha value is -3.22. The van der Waals surface area contributed by atoms with E-state index in [1.165, 1.54) is 36.2 Å². The van der Waals surface area contributed by atoms with E-state index in [-0.39, 0.29) is 11.4 Å². The highest BCUT2D eigenvalue weighted by Crippen LogP contribution is 2.17. The van der Waals surface area contributed by atoms with Gasteiger partial charge in [-0.15, -0.1) is 0 Å². The third-order valence-corrected chi connectivity index (χ3v) is 2.96. The van der Waals surface area contributed by atoms with Gasteiger partial charge < -0.3 is 10.2 Å². The molecule has 0 unspecified atom stereocenters. The smallest absolute Gasteiger partial charge is 0.316 e. The number of nitro groups is 1. The first kappa shape index (κ1) is 15.2. The van der Waals surface area contributed by atoms with Crippen molar-refractivity contribution in [3.63, 3.8) is 0 Å². The number of hydrogen-bond donors (Lipinski definition) is 1. The lowest BCUT2D eigenvalue weighted by Crippen LogP contribution is -2.37. The number of carbonyl (C=O) groups is 2. The van der Waals surface area contributed by atoms with Gasteiger partial charge in [0, 0.05) is 30.6 Å². The molecule has 0 saturated carbocycles. The van der Waals surface area contributed by atoms with Crippen LogP contribution < -0.4 is 10.2 Å². The van der Waals surface area contributed by atoms with Crippen LogP contribution in [0.2, 0.25) is 0 Å². The van der Waals surface area contributed by atoms with Crippen molar-refractivity contribution in [1.29, 1.82) is 0 Å². The first-order chi connectivity index (χ1) is 10.5. The van der Waals surface area contributed by atoms with E-state index in [0.717, 1.165) is 0 Å². The number of hydrogen-bond acceptors (Lipinski definition) is 4. The maximum absolute atomic E-state index is 12.0. The number of nitro benzene ring substituents is 1. The number of carbonyl (C=O) groups excluding carboxylic acids is 2. The topological polar surface area (TPSA) is 92.6 Å². The van der Waals surface area contributed by atoms with Crippen molar-refractivity contribution < 1.29 is 14.5 Å². The number of benzene rings is 2. The molecule has 0 radical (unpaired) electrons. The number of nitrogens with zero attached hydrogens (tertiary/aromatic N) is 2. The quantitative estimate of drug-likeness (QED) is 0.534. The van der Waals surface area contributed by atoms with Crippen molar-refractivity contribution in [2.45, 2.75) is 0 Å². The number of non-ortho nitro benzene ring substituents is 1. The zero-order chi connectivity index (χ0) is 16.1. The van der Waals surface area contributed by atoms with Gasteiger partial charge in [0.05, 0.1) is 4.92 Å². The normalized spacial score (nSPS) is 9.86. The number of rotatable bonds is 3. The van der Waals surface area contributed by atoms with Crippen molar-refractivity contribution in [3.8, 4) is 0 Å². The zero-order valence-corrected chi connectivity index (χ0v) is 11.7. The molecule has 7 nitrogen and oxygen atoms in total. The summed E-state index contributed by atoms with van der Waals surface area (Å²) in [5.41, 5.74) is 0.595. The lowest BCUT2D eigenvalue weighted by atomic mass is 10.2. The molecule has 2 rings (SSSR count). The minimum atomic E-state index is -0.869. The molecular formula is C15H13N3O4. The second-order valence-corrected chi connectivity index (χ2v) is 4.46.